The topological polar surface area (TPSA) is 36.9 Å². The third-order valence-corrected chi connectivity index (χ3v) is 3.35. The van der Waals surface area contributed by atoms with Crippen LogP contribution in [0.1, 0.15) is 37.3 Å². The fraction of sp³-hybridized carbons (Fsp3) is 0.333. The van der Waals surface area contributed by atoms with Crippen LogP contribution in [0, 0.1) is 0 Å². The van der Waals surface area contributed by atoms with E-state index in [2.05, 4.69) is 60.3 Å². The van der Waals surface area contributed by atoms with E-state index in [0.717, 1.165) is 18.7 Å². The van der Waals surface area contributed by atoms with Crippen molar-refractivity contribution in [3.05, 3.63) is 65.7 Å². The highest BCUT2D eigenvalue weighted by molar-refractivity contribution is 5.36. The summed E-state index contributed by atoms with van der Waals surface area (Å²) in [5, 5.41) is 0. The van der Waals surface area contributed by atoms with Crippen molar-refractivity contribution in [1.29, 1.82) is 0 Å². The smallest absolute Gasteiger partial charge is 0.119 e. The molecule has 0 bridgehead atoms. The number of hydrogen-bond donors (Lipinski definition) is 1. The molecule has 2 aromatic carbocycles. The summed E-state index contributed by atoms with van der Waals surface area (Å²) >= 11 is 0. The summed E-state index contributed by atoms with van der Waals surface area (Å²) in [7, 11) is 0. The van der Waals surface area contributed by atoms with E-state index in [1.807, 2.05) is 13.8 Å². The van der Waals surface area contributed by atoms with Crippen LogP contribution in [0.4, 0.5) is 0 Å². The van der Waals surface area contributed by atoms with E-state index >= 15 is 0 Å². The van der Waals surface area contributed by atoms with Gasteiger partial charge in [0.05, 0.1) is 12.6 Å². The molecule has 0 saturated carbocycles. The van der Waals surface area contributed by atoms with Gasteiger partial charge in [-0.1, -0.05) is 42.5 Å². The molecule has 2 rings (SSSR count). The van der Waals surface area contributed by atoms with E-state index in [1.165, 1.54) is 11.1 Å². The summed E-state index contributed by atoms with van der Waals surface area (Å²) in [6.07, 6.45) is 1.28. The molecule has 1 atom stereocenters. The predicted molar refractivity (Wildman–Crippen MR) is 82.9 cm³/mol. The molecule has 3 N–H and O–H groups in total. The molecule has 0 spiro atoms. The Hall–Kier alpha value is -1.80. The minimum atomic E-state index is 0.214. The molecule has 0 aliphatic heterocycles. The SMILES string of the molecule is CC(C)Oc1ccc([C@@H](CC[NH3+])c2ccccc2)cc1. The zero-order chi connectivity index (χ0) is 14.4. The molecular formula is C18H24NO+. The Balaban J connectivity index is 2.21. The number of rotatable bonds is 6. The monoisotopic (exact) mass is 270 g/mol. The predicted octanol–water partition coefficient (Wildman–Crippen LogP) is 3.24. The standard InChI is InChI=1S/C18H23NO/c1-14(2)20-17-10-8-16(9-11-17)18(12-13-19)15-6-4-3-5-7-15/h3-11,14,18H,12-13,19H2,1-2H3/p+1/t18-/m0/s1. The van der Waals surface area contributed by atoms with Crippen molar-refractivity contribution in [2.45, 2.75) is 32.3 Å². The highest BCUT2D eigenvalue weighted by Crippen LogP contribution is 2.28. The maximum absolute atomic E-state index is 5.70. The molecule has 106 valence electrons. The average Bonchev–Trinajstić information content (AvgIpc) is 2.46. The van der Waals surface area contributed by atoms with Crippen LogP contribution in [0.25, 0.3) is 0 Å². The average molecular weight is 270 g/mol. The van der Waals surface area contributed by atoms with Crippen LogP contribution in [-0.4, -0.2) is 12.6 Å². The molecule has 20 heavy (non-hydrogen) atoms. The minimum absolute atomic E-state index is 0.214. The second kappa shape index (κ2) is 7.11. The Kier molecular flexibility index (Phi) is 5.19. The lowest BCUT2D eigenvalue weighted by Gasteiger charge is -2.17. The Bertz CT molecular complexity index is 505. The van der Waals surface area contributed by atoms with Crippen molar-refractivity contribution in [1.82, 2.24) is 0 Å². The van der Waals surface area contributed by atoms with Gasteiger partial charge in [-0.15, -0.1) is 0 Å². The lowest BCUT2D eigenvalue weighted by Crippen LogP contribution is -2.50. The van der Waals surface area contributed by atoms with Gasteiger partial charge in [-0.25, -0.2) is 0 Å². The highest BCUT2D eigenvalue weighted by atomic mass is 16.5. The maximum Gasteiger partial charge on any atom is 0.119 e. The third-order valence-electron chi connectivity index (χ3n) is 3.35. The van der Waals surface area contributed by atoms with Gasteiger partial charge in [0.25, 0.3) is 0 Å². The second-order valence-corrected chi connectivity index (χ2v) is 5.34. The molecule has 0 heterocycles. The van der Waals surface area contributed by atoms with Gasteiger partial charge in [-0.05, 0) is 37.1 Å². The quantitative estimate of drug-likeness (QED) is 0.859. The zero-order valence-corrected chi connectivity index (χ0v) is 12.4. The normalized spacial score (nSPS) is 12.4. The molecule has 0 amide bonds. The van der Waals surface area contributed by atoms with E-state index in [9.17, 15) is 0 Å². The van der Waals surface area contributed by atoms with E-state index in [4.69, 9.17) is 4.74 Å². The van der Waals surface area contributed by atoms with Crippen LogP contribution in [-0.2, 0) is 0 Å². The van der Waals surface area contributed by atoms with Crippen LogP contribution < -0.4 is 10.5 Å². The van der Waals surface area contributed by atoms with Gasteiger partial charge in [-0.3, -0.25) is 0 Å². The van der Waals surface area contributed by atoms with E-state index in [0.29, 0.717) is 5.92 Å². The molecular weight excluding hydrogens is 246 g/mol. The fourth-order valence-electron chi connectivity index (χ4n) is 2.47. The van der Waals surface area contributed by atoms with Crippen molar-refractivity contribution in [3.8, 4) is 5.75 Å². The number of quaternary nitrogens is 1. The van der Waals surface area contributed by atoms with Crippen LogP contribution >= 0.6 is 0 Å². The molecule has 0 unspecified atom stereocenters. The van der Waals surface area contributed by atoms with Gasteiger partial charge < -0.3 is 10.5 Å². The molecule has 0 fully saturated rings. The second-order valence-electron chi connectivity index (χ2n) is 5.34. The molecule has 2 aromatic rings. The molecule has 0 aromatic heterocycles. The minimum Gasteiger partial charge on any atom is -0.491 e. The Morgan fingerprint density at radius 3 is 2.05 bits per heavy atom. The summed E-state index contributed by atoms with van der Waals surface area (Å²) in [4.78, 5) is 0. The summed E-state index contributed by atoms with van der Waals surface area (Å²) in [5.74, 6) is 1.35. The third kappa shape index (κ3) is 3.84. The summed E-state index contributed by atoms with van der Waals surface area (Å²) in [5.41, 5.74) is 6.69. The van der Waals surface area contributed by atoms with Crippen LogP contribution in [0.2, 0.25) is 0 Å². The Morgan fingerprint density at radius 1 is 0.900 bits per heavy atom. The number of hydrogen-bond acceptors (Lipinski definition) is 1. The van der Waals surface area contributed by atoms with E-state index in [1.54, 1.807) is 0 Å². The lowest BCUT2D eigenvalue weighted by molar-refractivity contribution is -0.368. The highest BCUT2D eigenvalue weighted by Gasteiger charge is 2.14. The largest absolute Gasteiger partial charge is 0.491 e. The van der Waals surface area contributed by atoms with E-state index < -0.39 is 0 Å². The van der Waals surface area contributed by atoms with Crippen LogP contribution in [0.15, 0.2) is 54.6 Å². The van der Waals surface area contributed by atoms with Crippen molar-refractivity contribution in [2.24, 2.45) is 0 Å². The first kappa shape index (κ1) is 14.6. The fourth-order valence-corrected chi connectivity index (χ4v) is 2.47. The van der Waals surface area contributed by atoms with Gasteiger partial charge in [0, 0.05) is 12.3 Å². The number of ether oxygens (including phenoxy) is 1. The summed E-state index contributed by atoms with van der Waals surface area (Å²) < 4.78 is 5.70. The van der Waals surface area contributed by atoms with Gasteiger partial charge >= 0.3 is 0 Å². The first-order valence-electron chi connectivity index (χ1n) is 7.31. The van der Waals surface area contributed by atoms with Gasteiger partial charge in [-0.2, -0.15) is 0 Å². The van der Waals surface area contributed by atoms with Gasteiger partial charge in [0.2, 0.25) is 0 Å². The Morgan fingerprint density at radius 2 is 1.50 bits per heavy atom. The molecule has 2 nitrogen and oxygen atoms in total. The summed E-state index contributed by atoms with van der Waals surface area (Å²) in [6, 6.07) is 19.1. The molecule has 0 aliphatic rings. The lowest BCUT2D eigenvalue weighted by atomic mass is 9.88. The van der Waals surface area contributed by atoms with Crippen molar-refractivity contribution >= 4 is 0 Å². The van der Waals surface area contributed by atoms with Crippen LogP contribution in [0.3, 0.4) is 0 Å². The summed E-state index contributed by atoms with van der Waals surface area (Å²) in [6.45, 7) is 5.02. The van der Waals surface area contributed by atoms with Crippen LogP contribution in [0.5, 0.6) is 5.75 Å². The first-order valence-corrected chi connectivity index (χ1v) is 7.31. The van der Waals surface area contributed by atoms with Gasteiger partial charge in [0.15, 0.2) is 0 Å². The molecule has 0 saturated heterocycles. The first-order chi connectivity index (χ1) is 9.70. The van der Waals surface area contributed by atoms with Crippen molar-refractivity contribution in [3.63, 3.8) is 0 Å². The number of benzene rings is 2. The Labute approximate surface area is 121 Å². The molecule has 0 aliphatic carbocycles. The zero-order valence-electron chi connectivity index (χ0n) is 12.4. The maximum atomic E-state index is 5.70. The van der Waals surface area contributed by atoms with E-state index in [-0.39, 0.29) is 6.10 Å². The molecule has 0 radical (unpaired) electrons. The van der Waals surface area contributed by atoms with Crippen molar-refractivity contribution < 1.29 is 10.5 Å². The van der Waals surface area contributed by atoms with Gasteiger partial charge in [0.1, 0.15) is 5.75 Å². The molecule has 2 heteroatoms. The van der Waals surface area contributed by atoms with Crippen molar-refractivity contribution in [2.75, 3.05) is 6.54 Å².